The Hall–Kier alpha value is -1.95. The van der Waals surface area contributed by atoms with Crippen LogP contribution in [-0.4, -0.2) is 102 Å². The fourth-order valence-corrected chi connectivity index (χ4v) is 5.85. The van der Waals surface area contributed by atoms with Crippen LogP contribution in [0, 0.1) is 23.7 Å². The molecule has 2 aliphatic rings. The van der Waals surface area contributed by atoms with E-state index in [-0.39, 0.29) is 43.8 Å². The van der Waals surface area contributed by atoms with Gasteiger partial charge in [0.25, 0.3) is 0 Å². The van der Waals surface area contributed by atoms with Crippen LogP contribution >= 0.6 is 0 Å². The van der Waals surface area contributed by atoms with Gasteiger partial charge in [0.1, 0.15) is 18.5 Å². The Morgan fingerprint density at radius 2 is 1.80 bits per heavy atom. The van der Waals surface area contributed by atoms with Gasteiger partial charge in [-0.25, -0.2) is 0 Å². The number of carbonyl (C=O) groups excluding carboxylic acids is 3. The highest BCUT2D eigenvalue weighted by molar-refractivity contribution is 5.91. The fraction of sp³-hybridized carbons (Fsp3) is 0.774. The maximum absolute atomic E-state index is 13.1. The van der Waals surface area contributed by atoms with E-state index in [0.717, 1.165) is 11.9 Å². The number of ether oxygens (including phenoxy) is 3. The first kappa shape index (κ1) is 35.2. The second kappa shape index (κ2) is 16.6. The summed E-state index contributed by atoms with van der Waals surface area (Å²) in [5.41, 5.74) is 0.735. The number of aldehydes is 1. The molecule has 0 spiro atoms. The molecule has 2 rings (SSSR count). The summed E-state index contributed by atoms with van der Waals surface area (Å²) in [6.45, 7) is 8.78. The van der Waals surface area contributed by atoms with E-state index in [1.807, 2.05) is 32.8 Å². The topological polar surface area (TPSA) is 143 Å². The third-order valence-corrected chi connectivity index (χ3v) is 8.44. The lowest BCUT2D eigenvalue weighted by molar-refractivity contribution is -0.283. The van der Waals surface area contributed by atoms with E-state index in [2.05, 4.69) is 0 Å². The number of cyclic esters (lactones) is 1. The van der Waals surface area contributed by atoms with E-state index in [9.17, 15) is 29.7 Å². The molecule has 3 N–H and O–H groups in total. The van der Waals surface area contributed by atoms with Crippen LogP contribution < -0.4 is 0 Å². The molecular weight excluding hydrogens is 530 g/mol. The monoisotopic (exact) mass is 581 g/mol. The van der Waals surface area contributed by atoms with Crippen molar-refractivity contribution in [2.75, 3.05) is 20.7 Å². The SMILES string of the molecule is CC[C@H]1OC(=O)C[C@@H](O)[C@H](C)[C@@H](O[C@@H]2O[C@H](C)C[C@H](N(C)C)[C@H]2O)C(CC=O)C[C@@H](C)C(=O)/C=C/C(C)=C/[C@@H]1CO. The van der Waals surface area contributed by atoms with Crippen LogP contribution in [0.3, 0.4) is 0 Å². The number of likely N-dealkylation sites (N-methyl/N-ethyl adjacent to an activating group) is 1. The summed E-state index contributed by atoms with van der Waals surface area (Å²) in [7, 11) is 3.73. The second-order valence-corrected chi connectivity index (χ2v) is 12.0. The summed E-state index contributed by atoms with van der Waals surface area (Å²) >= 11 is 0. The molecule has 0 aromatic rings. The van der Waals surface area contributed by atoms with Gasteiger partial charge in [-0.1, -0.05) is 38.5 Å². The first-order valence-corrected chi connectivity index (χ1v) is 14.8. The molecule has 2 aliphatic heterocycles. The van der Waals surface area contributed by atoms with Crippen molar-refractivity contribution < 1.29 is 43.9 Å². The smallest absolute Gasteiger partial charge is 0.308 e. The van der Waals surface area contributed by atoms with Crippen LogP contribution in [0.4, 0.5) is 0 Å². The molecule has 41 heavy (non-hydrogen) atoms. The number of aliphatic hydroxyl groups excluding tert-OH is 3. The highest BCUT2D eigenvalue weighted by Crippen LogP contribution is 2.34. The Kier molecular flexibility index (Phi) is 14.3. The molecule has 234 valence electrons. The minimum Gasteiger partial charge on any atom is -0.462 e. The molecule has 10 heteroatoms. The lowest BCUT2D eigenvalue weighted by Crippen LogP contribution is -2.56. The van der Waals surface area contributed by atoms with E-state index in [1.54, 1.807) is 32.9 Å². The van der Waals surface area contributed by atoms with E-state index < -0.39 is 60.3 Å². The molecule has 0 bridgehead atoms. The van der Waals surface area contributed by atoms with Crippen LogP contribution in [0.1, 0.15) is 66.7 Å². The standard InChI is InChI=1S/C31H51NO9/c1-8-27-23(17-34)13-18(2)9-10-25(35)19(3)14-22(11-12-33)30(21(5)26(36)16-28(37)40-27)41-31-29(38)24(32(6)7)15-20(4)39-31/h9-10,12-13,19-24,26-27,29-31,34,36,38H,8,11,14-17H2,1-7H3/b10-9+,18-13+/t19-,20-,21+,22?,23-,24+,26-,27-,29-,30-,31+/m1/s1. The minimum absolute atomic E-state index is 0.0536. The van der Waals surface area contributed by atoms with Crippen LogP contribution in [0.15, 0.2) is 23.8 Å². The Morgan fingerprint density at radius 3 is 2.39 bits per heavy atom. The molecule has 11 atom stereocenters. The largest absolute Gasteiger partial charge is 0.462 e. The molecule has 0 aliphatic carbocycles. The van der Waals surface area contributed by atoms with Gasteiger partial charge in [0, 0.05) is 30.2 Å². The average Bonchev–Trinajstić information content (AvgIpc) is 2.92. The number of carbonyl (C=O) groups is 3. The van der Waals surface area contributed by atoms with Crippen molar-refractivity contribution in [3.8, 4) is 0 Å². The number of hydrogen-bond donors (Lipinski definition) is 3. The highest BCUT2D eigenvalue weighted by atomic mass is 16.7. The molecule has 0 saturated carbocycles. The molecule has 10 nitrogen and oxygen atoms in total. The predicted octanol–water partition coefficient (Wildman–Crippen LogP) is 2.43. The number of allylic oxidation sites excluding steroid dienone is 3. The zero-order chi connectivity index (χ0) is 30.9. The molecular formula is C31H51NO9. The number of ketones is 1. The molecule has 0 aromatic heterocycles. The minimum atomic E-state index is -1.20. The summed E-state index contributed by atoms with van der Waals surface area (Å²) in [5, 5.41) is 32.3. The Bertz CT molecular complexity index is 919. The average molecular weight is 582 g/mol. The third-order valence-electron chi connectivity index (χ3n) is 8.44. The van der Waals surface area contributed by atoms with Crippen LogP contribution in [0.5, 0.6) is 0 Å². The van der Waals surface area contributed by atoms with Crippen molar-refractivity contribution in [3.63, 3.8) is 0 Å². The maximum atomic E-state index is 13.1. The molecule has 0 radical (unpaired) electrons. The van der Waals surface area contributed by atoms with E-state index in [0.29, 0.717) is 12.8 Å². The van der Waals surface area contributed by atoms with Crippen molar-refractivity contribution in [1.29, 1.82) is 0 Å². The van der Waals surface area contributed by atoms with E-state index in [4.69, 9.17) is 14.2 Å². The quantitative estimate of drug-likeness (QED) is 0.303. The third kappa shape index (κ3) is 10.1. The zero-order valence-electron chi connectivity index (χ0n) is 25.6. The van der Waals surface area contributed by atoms with Gasteiger partial charge >= 0.3 is 5.97 Å². The predicted molar refractivity (Wildman–Crippen MR) is 154 cm³/mol. The van der Waals surface area contributed by atoms with Gasteiger partial charge in [0.05, 0.1) is 31.3 Å². The number of nitrogens with zero attached hydrogens (tertiary/aromatic N) is 1. The Labute approximate surface area is 244 Å². The van der Waals surface area contributed by atoms with Gasteiger partial charge < -0.3 is 39.2 Å². The van der Waals surface area contributed by atoms with Crippen molar-refractivity contribution in [2.45, 2.75) is 110 Å². The number of hydrogen-bond acceptors (Lipinski definition) is 10. The first-order valence-electron chi connectivity index (χ1n) is 14.8. The molecule has 2 heterocycles. The van der Waals surface area contributed by atoms with Gasteiger partial charge in [-0.05, 0) is 59.2 Å². The normalized spacial score (nSPS) is 40.5. The number of rotatable bonds is 7. The van der Waals surface area contributed by atoms with Gasteiger partial charge in [0.2, 0.25) is 0 Å². The molecule has 1 saturated heterocycles. The summed E-state index contributed by atoms with van der Waals surface area (Å²) in [4.78, 5) is 39.8. The summed E-state index contributed by atoms with van der Waals surface area (Å²) in [5.74, 6) is -2.89. The fourth-order valence-electron chi connectivity index (χ4n) is 5.85. The molecule has 1 fully saturated rings. The molecule has 0 amide bonds. The number of esters is 1. The van der Waals surface area contributed by atoms with Crippen LogP contribution in [-0.2, 0) is 28.6 Å². The Morgan fingerprint density at radius 1 is 1.12 bits per heavy atom. The van der Waals surface area contributed by atoms with Crippen molar-refractivity contribution >= 4 is 18.0 Å². The van der Waals surface area contributed by atoms with Gasteiger partial charge in [-0.2, -0.15) is 0 Å². The maximum Gasteiger partial charge on any atom is 0.308 e. The zero-order valence-corrected chi connectivity index (χ0v) is 25.6. The lowest BCUT2D eigenvalue weighted by Gasteiger charge is -2.44. The van der Waals surface area contributed by atoms with E-state index >= 15 is 0 Å². The molecule has 0 aromatic carbocycles. The summed E-state index contributed by atoms with van der Waals surface area (Å²) in [6, 6.07) is -0.234. The van der Waals surface area contributed by atoms with Gasteiger partial charge in [0.15, 0.2) is 12.1 Å². The highest BCUT2D eigenvalue weighted by Gasteiger charge is 2.43. The van der Waals surface area contributed by atoms with Crippen molar-refractivity contribution in [3.05, 3.63) is 23.8 Å². The lowest BCUT2D eigenvalue weighted by atomic mass is 9.79. The van der Waals surface area contributed by atoms with Crippen molar-refractivity contribution in [2.24, 2.45) is 23.7 Å². The second-order valence-electron chi connectivity index (χ2n) is 12.0. The van der Waals surface area contributed by atoms with Crippen LogP contribution in [0.2, 0.25) is 0 Å². The first-order chi connectivity index (χ1) is 19.3. The Balaban J connectivity index is 2.50. The van der Waals surface area contributed by atoms with Crippen LogP contribution in [0.25, 0.3) is 0 Å². The summed E-state index contributed by atoms with van der Waals surface area (Å²) in [6.07, 6.45) is 1.85. The summed E-state index contributed by atoms with van der Waals surface area (Å²) < 4.78 is 18.1. The molecule has 1 unspecified atom stereocenters. The van der Waals surface area contributed by atoms with E-state index in [1.165, 1.54) is 6.08 Å². The van der Waals surface area contributed by atoms with Gasteiger partial charge in [-0.15, -0.1) is 0 Å². The number of aliphatic hydroxyl groups is 3. The van der Waals surface area contributed by atoms with Crippen molar-refractivity contribution in [1.82, 2.24) is 4.90 Å². The van der Waals surface area contributed by atoms with Gasteiger partial charge in [-0.3, -0.25) is 9.59 Å².